The maximum atomic E-state index is 11.7. The molecule has 0 aliphatic carbocycles. The first kappa shape index (κ1) is 10.0. The Kier molecular flexibility index (Phi) is 2.14. The summed E-state index contributed by atoms with van der Waals surface area (Å²) in [4.78, 5) is 25.2. The number of amides is 1. The molecule has 0 spiro atoms. The van der Waals surface area contributed by atoms with Gasteiger partial charge >= 0.3 is 0 Å². The number of likely N-dealkylation sites (tertiary alicyclic amines) is 1. The van der Waals surface area contributed by atoms with Crippen molar-refractivity contribution in [3.63, 3.8) is 0 Å². The van der Waals surface area contributed by atoms with E-state index in [1.807, 2.05) is 11.8 Å². The van der Waals surface area contributed by atoms with Crippen LogP contribution in [-0.4, -0.2) is 41.4 Å². The molecular formula is C12H15NO3. The van der Waals surface area contributed by atoms with Crippen molar-refractivity contribution in [2.75, 3.05) is 6.54 Å². The lowest BCUT2D eigenvalue weighted by molar-refractivity contribution is -0.130. The van der Waals surface area contributed by atoms with Gasteiger partial charge in [-0.25, -0.2) is 0 Å². The van der Waals surface area contributed by atoms with Crippen molar-refractivity contribution in [1.29, 1.82) is 0 Å². The Morgan fingerprint density at radius 2 is 2.25 bits per heavy atom. The first-order chi connectivity index (χ1) is 7.68. The Hall–Kier alpha value is -1.16. The van der Waals surface area contributed by atoms with Gasteiger partial charge in [-0.05, 0) is 12.5 Å². The summed E-state index contributed by atoms with van der Waals surface area (Å²) >= 11 is 0. The Morgan fingerprint density at radius 3 is 2.88 bits per heavy atom. The van der Waals surface area contributed by atoms with Crippen molar-refractivity contribution >= 4 is 11.7 Å². The van der Waals surface area contributed by atoms with E-state index < -0.39 is 0 Å². The standard InChI is InChI=1S/C12H15NO3/c1-7-11(13-6-2-3-10(13)15)9-5-4-8(14)12(7)16-9/h4-5,7,9,11-12H,2-3,6H2,1H3/t7-,9-,11-,12-/m0/s1. The maximum Gasteiger partial charge on any atom is 0.222 e. The molecule has 86 valence electrons. The molecule has 3 rings (SSSR count). The third-order valence-electron chi connectivity index (χ3n) is 3.86. The Bertz CT molecular complexity index is 376. The van der Waals surface area contributed by atoms with E-state index in [2.05, 4.69) is 0 Å². The summed E-state index contributed by atoms with van der Waals surface area (Å²) in [6, 6.07) is 0.0581. The molecule has 4 atom stereocenters. The van der Waals surface area contributed by atoms with Crippen molar-refractivity contribution in [3.05, 3.63) is 12.2 Å². The molecule has 2 saturated heterocycles. The molecule has 3 heterocycles. The summed E-state index contributed by atoms with van der Waals surface area (Å²) in [5.74, 6) is 0.348. The van der Waals surface area contributed by atoms with E-state index in [-0.39, 0.29) is 35.9 Å². The zero-order chi connectivity index (χ0) is 11.3. The first-order valence-corrected chi connectivity index (χ1v) is 5.85. The summed E-state index contributed by atoms with van der Waals surface area (Å²) in [5.41, 5.74) is 0. The molecule has 3 aliphatic rings. The number of ether oxygens (including phenoxy) is 1. The highest BCUT2D eigenvalue weighted by molar-refractivity contribution is 5.95. The fourth-order valence-electron chi connectivity index (χ4n) is 3.07. The van der Waals surface area contributed by atoms with Crippen LogP contribution in [0.15, 0.2) is 12.2 Å². The molecule has 0 unspecified atom stereocenters. The van der Waals surface area contributed by atoms with Crippen molar-refractivity contribution in [2.45, 2.75) is 38.0 Å². The largest absolute Gasteiger partial charge is 0.360 e. The molecule has 0 saturated carbocycles. The molecule has 4 heteroatoms. The molecule has 0 aromatic heterocycles. The molecule has 0 aromatic rings. The highest BCUT2D eigenvalue weighted by Gasteiger charge is 2.50. The van der Waals surface area contributed by atoms with E-state index in [1.165, 1.54) is 0 Å². The molecule has 0 radical (unpaired) electrons. The van der Waals surface area contributed by atoms with Crippen LogP contribution in [0.2, 0.25) is 0 Å². The van der Waals surface area contributed by atoms with Crippen LogP contribution < -0.4 is 0 Å². The number of rotatable bonds is 1. The zero-order valence-corrected chi connectivity index (χ0v) is 9.26. The lowest BCUT2D eigenvalue weighted by Crippen LogP contribution is -2.44. The molecule has 0 N–H and O–H groups in total. The summed E-state index contributed by atoms with van der Waals surface area (Å²) in [6.07, 6.45) is 4.55. The van der Waals surface area contributed by atoms with E-state index in [4.69, 9.17) is 4.74 Å². The normalized spacial score (nSPS) is 42.2. The predicted molar refractivity (Wildman–Crippen MR) is 56.7 cm³/mol. The van der Waals surface area contributed by atoms with Crippen LogP contribution in [-0.2, 0) is 14.3 Å². The average molecular weight is 221 g/mol. The Labute approximate surface area is 94.2 Å². The molecule has 4 nitrogen and oxygen atoms in total. The Morgan fingerprint density at radius 1 is 1.44 bits per heavy atom. The van der Waals surface area contributed by atoms with Gasteiger partial charge in [0, 0.05) is 18.9 Å². The smallest absolute Gasteiger partial charge is 0.222 e. The molecule has 0 aromatic carbocycles. The maximum absolute atomic E-state index is 11.7. The predicted octanol–water partition coefficient (Wildman–Crippen LogP) is 0.520. The molecule has 1 amide bonds. The second kappa shape index (κ2) is 3.42. The van der Waals surface area contributed by atoms with Crippen LogP contribution in [0.4, 0.5) is 0 Å². The number of carbonyl (C=O) groups excluding carboxylic acids is 2. The molecular weight excluding hydrogens is 206 g/mol. The summed E-state index contributed by atoms with van der Waals surface area (Å²) in [6.45, 7) is 2.81. The third-order valence-corrected chi connectivity index (χ3v) is 3.86. The van der Waals surface area contributed by atoms with E-state index >= 15 is 0 Å². The number of carbonyl (C=O) groups is 2. The first-order valence-electron chi connectivity index (χ1n) is 5.85. The second-order valence-electron chi connectivity index (χ2n) is 4.82. The number of hydrogen-bond acceptors (Lipinski definition) is 3. The third kappa shape index (κ3) is 1.26. The van der Waals surface area contributed by atoms with Gasteiger partial charge < -0.3 is 9.64 Å². The summed E-state index contributed by atoms with van der Waals surface area (Å²) in [7, 11) is 0. The van der Waals surface area contributed by atoms with Gasteiger partial charge in [-0.1, -0.05) is 13.0 Å². The van der Waals surface area contributed by atoms with Crippen LogP contribution >= 0.6 is 0 Å². The van der Waals surface area contributed by atoms with E-state index in [1.54, 1.807) is 12.2 Å². The van der Waals surface area contributed by atoms with Crippen LogP contribution in [0.5, 0.6) is 0 Å². The fourth-order valence-corrected chi connectivity index (χ4v) is 3.07. The highest BCUT2D eigenvalue weighted by Crippen LogP contribution is 2.36. The quantitative estimate of drug-likeness (QED) is 0.648. The van der Waals surface area contributed by atoms with Crippen LogP contribution in [0.3, 0.4) is 0 Å². The van der Waals surface area contributed by atoms with Crippen molar-refractivity contribution < 1.29 is 14.3 Å². The van der Waals surface area contributed by atoms with Gasteiger partial charge in [0.2, 0.25) is 5.91 Å². The van der Waals surface area contributed by atoms with Gasteiger partial charge in [-0.2, -0.15) is 0 Å². The Balaban J connectivity index is 1.89. The highest BCUT2D eigenvalue weighted by atomic mass is 16.5. The molecule has 2 bridgehead atoms. The van der Waals surface area contributed by atoms with Crippen LogP contribution in [0.25, 0.3) is 0 Å². The monoisotopic (exact) mass is 221 g/mol. The average Bonchev–Trinajstić information content (AvgIpc) is 2.77. The van der Waals surface area contributed by atoms with Crippen molar-refractivity contribution in [1.82, 2.24) is 4.90 Å². The number of nitrogens with zero attached hydrogens (tertiary/aromatic N) is 1. The minimum atomic E-state index is -0.339. The van der Waals surface area contributed by atoms with E-state index in [0.29, 0.717) is 6.42 Å². The fraction of sp³-hybridized carbons (Fsp3) is 0.667. The van der Waals surface area contributed by atoms with Crippen LogP contribution in [0, 0.1) is 5.92 Å². The van der Waals surface area contributed by atoms with Gasteiger partial charge in [0.05, 0.1) is 12.1 Å². The molecule has 3 aliphatic heterocycles. The molecule has 2 fully saturated rings. The zero-order valence-electron chi connectivity index (χ0n) is 9.26. The van der Waals surface area contributed by atoms with Gasteiger partial charge in [-0.3, -0.25) is 9.59 Å². The number of fused-ring (bicyclic) bond motifs is 2. The van der Waals surface area contributed by atoms with Gasteiger partial charge in [0.15, 0.2) is 5.78 Å². The van der Waals surface area contributed by atoms with Crippen LogP contribution in [0.1, 0.15) is 19.8 Å². The second-order valence-corrected chi connectivity index (χ2v) is 4.82. The topological polar surface area (TPSA) is 46.6 Å². The lowest BCUT2D eigenvalue weighted by atomic mass is 9.95. The van der Waals surface area contributed by atoms with Gasteiger partial charge in [0.25, 0.3) is 0 Å². The SMILES string of the molecule is C[C@H]1[C@H](N2CCCC2=O)[C@@H]2C=CC(=O)[C@H]1O2. The van der Waals surface area contributed by atoms with Crippen molar-refractivity contribution in [2.24, 2.45) is 5.92 Å². The lowest BCUT2D eigenvalue weighted by Gasteiger charge is -2.29. The van der Waals surface area contributed by atoms with E-state index in [0.717, 1.165) is 13.0 Å². The minimum Gasteiger partial charge on any atom is -0.360 e. The molecule has 16 heavy (non-hydrogen) atoms. The number of ketones is 1. The summed E-state index contributed by atoms with van der Waals surface area (Å²) in [5, 5.41) is 0. The summed E-state index contributed by atoms with van der Waals surface area (Å²) < 4.78 is 5.66. The minimum absolute atomic E-state index is 0.0397. The number of hydrogen-bond donors (Lipinski definition) is 0. The van der Waals surface area contributed by atoms with Gasteiger partial charge in [0.1, 0.15) is 6.10 Å². The van der Waals surface area contributed by atoms with Crippen molar-refractivity contribution in [3.8, 4) is 0 Å². The van der Waals surface area contributed by atoms with Gasteiger partial charge in [-0.15, -0.1) is 0 Å². The van der Waals surface area contributed by atoms with E-state index in [9.17, 15) is 9.59 Å².